The maximum Gasteiger partial charge on any atom is 0.338 e. The molecule has 0 aliphatic carbocycles. The molecule has 0 bridgehead atoms. The number of carbonyl (C=O) groups is 2. The van der Waals surface area contributed by atoms with Crippen LogP contribution in [0.1, 0.15) is 20.8 Å². The van der Waals surface area contributed by atoms with Gasteiger partial charge in [0.25, 0.3) is 0 Å². The molecule has 0 aromatic rings. The smallest absolute Gasteiger partial charge is 0.338 e. The molecule has 1 rings (SSSR count). The zero-order valence-electron chi connectivity index (χ0n) is 7.92. The number of hydrogen-bond donors (Lipinski definition) is 0. The fourth-order valence-corrected chi connectivity index (χ4v) is 1.25. The van der Waals surface area contributed by atoms with E-state index in [4.69, 9.17) is 9.47 Å². The quantitative estimate of drug-likeness (QED) is 0.601. The molecule has 0 aromatic heterocycles. The topological polar surface area (TPSA) is 52.6 Å². The lowest BCUT2D eigenvalue weighted by Gasteiger charge is -2.04. The fourth-order valence-electron chi connectivity index (χ4n) is 1.25. The van der Waals surface area contributed by atoms with Crippen molar-refractivity contribution in [3.63, 3.8) is 0 Å². The molecular weight excluding hydrogens is 172 g/mol. The third-order valence-corrected chi connectivity index (χ3v) is 1.91. The summed E-state index contributed by atoms with van der Waals surface area (Å²) >= 11 is 0. The van der Waals surface area contributed by atoms with E-state index < -0.39 is 11.9 Å². The highest BCUT2D eigenvalue weighted by atomic mass is 16.6. The molecule has 0 spiro atoms. The second-order valence-electron chi connectivity index (χ2n) is 2.83. The van der Waals surface area contributed by atoms with E-state index in [1.54, 1.807) is 20.8 Å². The minimum atomic E-state index is -0.501. The van der Waals surface area contributed by atoms with Crippen molar-refractivity contribution in [1.82, 2.24) is 0 Å². The molecule has 0 saturated carbocycles. The van der Waals surface area contributed by atoms with E-state index in [-0.39, 0.29) is 5.97 Å². The van der Waals surface area contributed by atoms with Crippen LogP contribution in [0.3, 0.4) is 0 Å². The average molecular weight is 184 g/mol. The molecule has 1 unspecified atom stereocenters. The van der Waals surface area contributed by atoms with Gasteiger partial charge in [-0.05, 0) is 20.8 Å². The summed E-state index contributed by atoms with van der Waals surface area (Å²) in [6.45, 7) is 5.24. The summed E-state index contributed by atoms with van der Waals surface area (Å²) in [6.07, 6.45) is 0. The van der Waals surface area contributed by atoms with Crippen LogP contribution in [0.4, 0.5) is 0 Å². The Balaban J connectivity index is 2.84. The van der Waals surface area contributed by atoms with E-state index in [0.717, 1.165) is 0 Å². The van der Waals surface area contributed by atoms with Crippen molar-refractivity contribution in [2.24, 2.45) is 5.92 Å². The zero-order valence-corrected chi connectivity index (χ0v) is 7.92. The molecule has 0 amide bonds. The summed E-state index contributed by atoms with van der Waals surface area (Å²) in [5.74, 6) is -0.992. The highest BCUT2D eigenvalue weighted by molar-refractivity contribution is 5.98. The maximum atomic E-state index is 11.3. The zero-order chi connectivity index (χ0) is 10.0. The number of allylic oxidation sites excluding steroid dienone is 1. The van der Waals surface area contributed by atoms with Crippen LogP contribution in [0, 0.1) is 5.92 Å². The third kappa shape index (κ3) is 1.71. The number of esters is 2. The summed E-state index contributed by atoms with van der Waals surface area (Å²) in [7, 11) is 0. The first kappa shape index (κ1) is 9.77. The number of ether oxygens (including phenoxy) is 2. The van der Waals surface area contributed by atoms with E-state index in [2.05, 4.69) is 0 Å². The van der Waals surface area contributed by atoms with Gasteiger partial charge in [0.05, 0.1) is 18.1 Å². The first-order chi connectivity index (χ1) is 6.07. The second kappa shape index (κ2) is 3.60. The normalized spacial score (nSPS) is 21.8. The van der Waals surface area contributed by atoms with E-state index in [1.165, 1.54) is 0 Å². The second-order valence-corrected chi connectivity index (χ2v) is 2.83. The van der Waals surface area contributed by atoms with Crippen LogP contribution < -0.4 is 0 Å². The standard InChI is InChI=1S/C9H12O4/c1-4-12-9(11)7-5(2)8(10)13-6(7)3/h5H,4H2,1-3H3. The van der Waals surface area contributed by atoms with Gasteiger partial charge in [-0.1, -0.05) is 0 Å². The lowest BCUT2D eigenvalue weighted by molar-refractivity contribution is -0.142. The van der Waals surface area contributed by atoms with Crippen LogP contribution >= 0.6 is 0 Å². The van der Waals surface area contributed by atoms with Gasteiger partial charge in [0, 0.05) is 0 Å². The summed E-state index contributed by atoms with van der Waals surface area (Å²) in [5, 5.41) is 0. The predicted octanol–water partition coefficient (Wildman–Crippen LogP) is 1.02. The summed E-state index contributed by atoms with van der Waals surface area (Å²) < 4.78 is 9.58. The minimum absolute atomic E-state index is 0.302. The summed E-state index contributed by atoms with van der Waals surface area (Å²) in [6, 6.07) is 0. The Morgan fingerprint density at radius 2 is 2.23 bits per heavy atom. The summed E-state index contributed by atoms with van der Waals surface area (Å²) in [5.41, 5.74) is 0.340. The molecule has 0 radical (unpaired) electrons. The van der Waals surface area contributed by atoms with Crippen molar-refractivity contribution >= 4 is 11.9 Å². The Labute approximate surface area is 76.5 Å². The van der Waals surface area contributed by atoms with Crippen molar-refractivity contribution < 1.29 is 19.1 Å². The van der Waals surface area contributed by atoms with E-state index in [0.29, 0.717) is 17.9 Å². The Kier molecular flexibility index (Phi) is 2.70. The van der Waals surface area contributed by atoms with Gasteiger partial charge in [-0.25, -0.2) is 4.79 Å². The van der Waals surface area contributed by atoms with E-state index in [1.807, 2.05) is 0 Å². The molecular formula is C9H12O4. The number of cyclic esters (lactones) is 1. The number of rotatable bonds is 2. The SMILES string of the molecule is CCOC(=O)C1=C(C)OC(=O)C1C. The van der Waals surface area contributed by atoms with Gasteiger partial charge in [-0.15, -0.1) is 0 Å². The molecule has 1 aliphatic rings. The van der Waals surface area contributed by atoms with Crippen LogP contribution in [0.25, 0.3) is 0 Å². The van der Waals surface area contributed by atoms with Crippen molar-refractivity contribution in [3.05, 3.63) is 11.3 Å². The Morgan fingerprint density at radius 3 is 2.62 bits per heavy atom. The van der Waals surface area contributed by atoms with Crippen LogP contribution in [0.2, 0.25) is 0 Å². The van der Waals surface area contributed by atoms with Crippen LogP contribution in [0.5, 0.6) is 0 Å². The number of hydrogen-bond acceptors (Lipinski definition) is 4. The van der Waals surface area contributed by atoms with Gasteiger partial charge < -0.3 is 9.47 Å². The lowest BCUT2D eigenvalue weighted by atomic mass is 10.0. The molecule has 4 nitrogen and oxygen atoms in total. The van der Waals surface area contributed by atoms with Crippen molar-refractivity contribution in [2.75, 3.05) is 6.61 Å². The largest absolute Gasteiger partial charge is 0.463 e. The van der Waals surface area contributed by atoms with Crippen molar-refractivity contribution in [2.45, 2.75) is 20.8 Å². The highest BCUT2D eigenvalue weighted by Gasteiger charge is 2.35. The Hall–Kier alpha value is -1.32. The van der Waals surface area contributed by atoms with E-state index >= 15 is 0 Å². The molecule has 72 valence electrons. The molecule has 1 aliphatic heterocycles. The van der Waals surface area contributed by atoms with Gasteiger partial charge in [0.15, 0.2) is 0 Å². The molecule has 1 atom stereocenters. The fraction of sp³-hybridized carbons (Fsp3) is 0.556. The monoisotopic (exact) mass is 184 g/mol. The molecule has 0 aromatic carbocycles. The van der Waals surface area contributed by atoms with Crippen LogP contribution in [-0.4, -0.2) is 18.5 Å². The van der Waals surface area contributed by atoms with Crippen molar-refractivity contribution in [1.29, 1.82) is 0 Å². The first-order valence-corrected chi connectivity index (χ1v) is 4.17. The first-order valence-electron chi connectivity index (χ1n) is 4.17. The Morgan fingerprint density at radius 1 is 1.62 bits per heavy atom. The van der Waals surface area contributed by atoms with Gasteiger partial charge in [-0.3, -0.25) is 4.79 Å². The molecule has 4 heteroatoms. The van der Waals surface area contributed by atoms with Gasteiger partial charge in [0.2, 0.25) is 0 Å². The summed E-state index contributed by atoms with van der Waals surface area (Å²) in [4.78, 5) is 22.3. The van der Waals surface area contributed by atoms with Crippen LogP contribution in [0.15, 0.2) is 11.3 Å². The van der Waals surface area contributed by atoms with Gasteiger partial charge in [0.1, 0.15) is 5.76 Å². The lowest BCUT2D eigenvalue weighted by Crippen LogP contribution is -2.15. The molecule has 13 heavy (non-hydrogen) atoms. The number of carbonyl (C=O) groups excluding carboxylic acids is 2. The van der Waals surface area contributed by atoms with Gasteiger partial charge >= 0.3 is 11.9 Å². The molecule has 0 N–H and O–H groups in total. The predicted molar refractivity (Wildman–Crippen MR) is 44.6 cm³/mol. The molecule has 1 heterocycles. The molecule has 0 fully saturated rings. The Bertz CT molecular complexity index is 277. The molecule has 0 saturated heterocycles. The van der Waals surface area contributed by atoms with E-state index in [9.17, 15) is 9.59 Å². The minimum Gasteiger partial charge on any atom is -0.463 e. The van der Waals surface area contributed by atoms with Crippen LogP contribution in [-0.2, 0) is 19.1 Å². The average Bonchev–Trinajstić information content (AvgIpc) is 2.27. The maximum absolute atomic E-state index is 11.3. The highest BCUT2D eigenvalue weighted by Crippen LogP contribution is 2.26. The van der Waals surface area contributed by atoms with Crippen molar-refractivity contribution in [3.8, 4) is 0 Å². The third-order valence-electron chi connectivity index (χ3n) is 1.91. The van der Waals surface area contributed by atoms with Gasteiger partial charge in [-0.2, -0.15) is 0 Å².